The number of carbonyl (C=O) groups excluding carboxylic acids is 2. The van der Waals surface area contributed by atoms with Crippen molar-refractivity contribution in [3.63, 3.8) is 0 Å². The first kappa shape index (κ1) is 23.1. The summed E-state index contributed by atoms with van der Waals surface area (Å²) in [6.07, 6.45) is 0.839. The lowest BCUT2D eigenvalue weighted by Gasteiger charge is -2.24. The Morgan fingerprint density at radius 1 is 0.906 bits per heavy atom. The Kier molecular flexibility index (Phi) is 7.64. The summed E-state index contributed by atoms with van der Waals surface area (Å²) in [5, 5.41) is 0. The molecular weight excluding hydrogens is 414 g/mol. The highest BCUT2D eigenvalue weighted by Crippen LogP contribution is 2.39. The van der Waals surface area contributed by atoms with Crippen molar-refractivity contribution in [1.82, 2.24) is 4.90 Å². The van der Waals surface area contributed by atoms with Gasteiger partial charge in [0.2, 0.25) is 5.75 Å². The molecule has 3 rings (SSSR count). The standard InChI is InChI=1S/C23H29N3O6/c1-29-18-7-5-17(6-8-18)25-9-4-10-26(12-11-25)23(28)16-13-19(30-2)22(20(14-16)31-3)32-15-21(24)27/h5-8,13-14H,4,9-12,15H2,1-3H3,(H2,24,27). The van der Waals surface area contributed by atoms with Crippen molar-refractivity contribution < 1.29 is 28.5 Å². The molecule has 9 heteroatoms. The molecule has 0 aromatic heterocycles. The monoisotopic (exact) mass is 443 g/mol. The normalized spacial score (nSPS) is 13.8. The summed E-state index contributed by atoms with van der Waals surface area (Å²) >= 11 is 0. The number of hydrogen-bond acceptors (Lipinski definition) is 7. The van der Waals surface area contributed by atoms with E-state index in [1.165, 1.54) is 14.2 Å². The van der Waals surface area contributed by atoms with Gasteiger partial charge in [0.1, 0.15) is 5.75 Å². The molecule has 9 nitrogen and oxygen atoms in total. The Balaban J connectivity index is 1.75. The molecule has 0 radical (unpaired) electrons. The summed E-state index contributed by atoms with van der Waals surface area (Å²) in [6.45, 7) is 2.45. The van der Waals surface area contributed by atoms with Crippen LogP contribution in [-0.2, 0) is 4.79 Å². The van der Waals surface area contributed by atoms with Crippen LogP contribution in [0.4, 0.5) is 5.69 Å². The lowest BCUT2D eigenvalue weighted by Crippen LogP contribution is -2.35. The van der Waals surface area contributed by atoms with Crippen LogP contribution in [0.3, 0.4) is 0 Å². The van der Waals surface area contributed by atoms with Crippen molar-refractivity contribution >= 4 is 17.5 Å². The van der Waals surface area contributed by atoms with Gasteiger partial charge in [0.05, 0.1) is 21.3 Å². The van der Waals surface area contributed by atoms with Gasteiger partial charge in [-0.1, -0.05) is 0 Å². The van der Waals surface area contributed by atoms with Gasteiger partial charge in [0, 0.05) is 37.4 Å². The van der Waals surface area contributed by atoms with E-state index in [0.717, 1.165) is 24.4 Å². The van der Waals surface area contributed by atoms with E-state index in [1.54, 1.807) is 19.2 Å². The van der Waals surface area contributed by atoms with Crippen molar-refractivity contribution in [2.45, 2.75) is 6.42 Å². The minimum atomic E-state index is -0.625. The number of anilines is 1. The maximum Gasteiger partial charge on any atom is 0.255 e. The maximum absolute atomic E-state index is 13.3. The van der Waals surface area contributed by atoms with Crippen molar-refractivity contribution in [2.24, 2.45) is 5.73 Å². The topological polar surface area (TPSA) is 104 Å². The SMILES string of the molecule is COc1ccc(N2CCCN(C(=O)c3cc(OC)c(OCC(N)=O)c(OC)c3)CC2)cc1. The molecule has 0 atom stereocenters. The van der Waals surface area contributed by atoms with Crippen LogP contribution in [0.1, 0.15) is 16.8 Å². The molecule has 1 aliphatic heterocycles. The molecule has 172 valence electrons. The second-order valence-corrected chi connectivity index (χ2v) is 7.30. The third kappa shape index (κ3) is 5.35. The maximum atomic E-state index is 13.3. The second-order valence-electron chi connectivity index (χ2n) is 7.30. The molecule has 2 aromatic rings. The lowest BCUT2D eigenvalue weighted by atomic mass is 10.1. The molecule has 2 amide bonds. The molecule has 1 heterocycles. The number of amides is 2. The lowest BCUT2D eigenvalue weighted by molar-refractivity contribution is -0.120. The van der Waals surface area contributed by atoms with Gasteiger partial charge in [-0.25, -0.2) is 0 Å². The predicted molar refractivity (Wildman–Crippen MR) is 120 cm³/mol. The van der Waals surface area contributed by atoms with Crippen LogP contribution < -0.4 is 29.6 Å². The Morgan fingerprint density at radius 3 is 2.12 bits per heavy atom. The Labute approximate surface area is 187 Å². The van der Waals surface area contributed by atoms with E-state index < -0.39 is 5.91 Å². The zero-order valence-corrected chi connectivity index (χ0v) is 18.6. The van der Waals surface area contributed by atoms with Crippen molar-refractivity contribution in [3.8, 4) is 23.0 Å². The zero-order valence-electron chi connectivity index (χ0n) is 18.6. The fourth-order valence-corrected chi connectivity index (χ4v) is 3.64. The van der Waals surface area contributed by atoms with E-state index in [0.29, 0.717) is 36.7 Å². The third-order valence-corrected chi connectivity index (χ3v) is 5.29. The summed E-state index contributed by atoms with van der Waals surface area (Å²) in [6, 6.07) is 11.1. The molecule has 2 N–H and O–H groups in total. The fourth-order valence-electron chi connectivity index (χ4n) is 3.64. The van der Waals surface area contributed by atoms with Crippen molar-refractivity contribution in [3.05, 3.63) is 42.0 Å². The number of ether oxygens (including phenoxy) is 4. The number of rotatable bonds is 8. The molecule has 0 aliphatic carbocycles. The minimum absolute atomic E-state index is 0.125. The first-order valence-electron chi connectivity index (χ1n) is 10.3. The van der Waals surface area contributed by atoms with Crippen LogP contribution in [-0.4, -0.2) is 70.8 Å². The third-order valence-electron chi connectivity index (χ3n) is 5.29. The Hall–Kier alpha value is -3.62. The highest BCUT2D eigenvalue weighted by atomic mass is 16.5. The molecule has 0 unspecified atom stereocenters. The summed E-state index contributed by atoms with van der Waals surface area (Å²) in [7, 11) is 4.56. The summed E-state index contributed by atoms with van der Waals surface area (Å²) in [4.78, 5) is 28.4. The summed E-state index contributed by atoms with van der Waals surface area (Å²) < 4.78 is 21.4. The van der Waals surface area contributed by atoms with Crippen molar-refractivity contribution in [2.75, 3.05) is 59.0 Å². The summed E-state index contributed by atoms with van der Waals surface area (Å²) in [5.41, 5.74) is 6.68. The summed E-state index contributed by atoms with van der Waals surface area (Å²) in [5.74, 6) is 0.880. The number of benzene rings is 2. The first-order chi connectivity index (χ1) is 15.5. The zero-order chi connectivity index (χ0) is 23.1. The minimum Gasteiger partial charge on any atom is -0.497 e. The first-order valence-corrected chi connectivity index (χ1v) is 10.3. The van der Waals surface area contributed by atoms with Gasteiger partial charge in [-0.2, -0.15) is 0 Å². The van der Waals surface area contributed by atoms with Gasteiger partial charge in [-0.05, 0) is 42.8 Å². The van der Waals surface area contributed by atoms with E-state index in [2.05, 4.69) is 4.90 Å². The van der Waals surface area contributed by atoms with Gasteiger partial charge >= 0.3 is 0 Å². The average Bonchev–Trinajstić information content (AvgIpc) is 3.08. The highest BCUT2D eigenvalue weighted by molar-refractivity contribution is 5.95. The highest BCUT2D eigenvalue weighted by Gasteiger charge is 2.24. The van der Waals surface area contributed by atoms with E-state index >= 15 is 0 Å². The quantitative estimate of drug-likeness (QED) is 0.665. The van der Waals surface area contributed by atoms with Crippen LogP contribution in [0.25, 0.3) is 0 Å². The molecule has 0 saturated carbocycles. The largest absolute Gasteiger partial charge is 0.497 e. The van der Waals surface area contributed by atoms with E-state index in [4.69, 9.17) is 24.7 Å². The smallest absolute Gasteiger partial charge is 0.255 e. The van der Waals surface area contributed by atoms with Crippen LogP contribution in [0, 0.1) is 0 Å². The number of primary amides is 1. The van der Waals surface area contributed by atoms with E-state index in [1.807, 2.05) is 29.2 Å². The Morgan fingerprint density at radius 2 is 1.56 bits per heavy atom. The van der Waals surface area contributed by atoms with Crippen LogP contribution in [0.5, 0.6) is 23.0 Å². The molecule has 0 bridgehead atoms. The second kappa shape index (κ2) is 10.6. The van der Waals surface area contributed by atoms with E-state index in [9.17, 15) is 9.59 Å². The molecular formula is C23H29N3O6. The van der Waals surface area contributed by atoms with E-state index in [-0.39, 0.29) is 18.3 Å². The number of hydrogen-bond donors (Lipinski definition) is 1. The fraction of sp³-hybridized carbons (Fsp3) is 0.391. The Bertz CT molecular complexity index is 922. The van der Waals surface area contributed by atoms with Crippen LogP contribution in [0.2, 0.25) is 0 Å². The molecule has 1 saturated heterocycles. The molecule has 1 aliphatic rings. The number of nitrogens with zero attached hydrogens (tertiary/aromatic N) is 2. The molecule has 32 heavy (non-hydrogen) atoms. The number of nitrogens with two attached hydrogens (primary N) is 1. The van der Waals surface area contributed by atoms with Crippen LogP contribution >= 0.6 is 0 Å². The van der Waals surface area contributed by atoms with Gasteiger partial charge < -0.3 is 34.5 Å². The molecule has 1 fully saturated rings. The number of carbonyl (C=O) groups is 2. The van der Waals surface area contributed by atoms with Crippen molar-refractivity contribution in [1.29, 1.82) is 0 Å². The number of methoxy groups -OCH3 is 3. The van der Waals surface area contributed by atoms with Gasteiger partial charge in [0.25, 0.3) is 11.8 Å². The van der Waals surface area contributed by atoms with Gasteiger partial charge in [0.15, 0.2) is 18.1 Å². The molecule has 2 aromatic carbocycles. The average molecular weight is 444 g/mol. The molecule has 0 spiro atoms. The van der Waals surface area contributed by atoms with Gasteiger partial charge in [-0.3, -0.25) is 9.59 Å². The van der Waals surface area contributed by atoms with Crippen LogP contribution in [0.15, 0.2) is 36.4 Å². The predicted octanol–water partition coefficient (Wildman–Crippen LogP) is 1.93. The van der Waals surface area contributed by atoms with Gasteiger partial charge in [-0.15, -0.1) is 0 Å².